The molecule has 5 nitrogen and oxygen atoms in total. The monoisotopic (exact) mass is 357 g/mol. The van der Waals surface area contributed by atoms with Gasteiger partial charge in [0.2, 0.25) is 0 Å². The van der Waals surface area contributed by atoms with Crippen molar-refractivity contribution >= 4 is 0 Å². The Morgan fingerprint density at radius 1 is 1.15 bits per heavy atom. The van der Waals surface area contributed by atoms with Crippen molar-refractivity contribution < 1.29 is 14.6 Å². The van der Waals surface area contributed by atoms with E-state index in [0.29, 0.717) is 30.6 Å². The average molecular weight is 357 g/mol. The molecule has 1 aromatic heterocycles. The topological polar surface area (TPSA) is 60.7 Å². The number of aromatic nitrogens is 1. The predicted molar refractivity (Wildman–Crippen MR) is 101 cm³/mol. The van der Waals surface area contributed by atoms with Gasteiger partial charge in [-0.1, -0.05) is 6.07 Å². The Hall–Kier alpha value is -2.27. The number of hydrogen-bond donors (Lipinski definition) is 1. The quantitative estimate of drug-likeness (QED) is 0.827. The average Bonchev–Trinajstić information content (AvgIpc) is 3.40. The summed E-state index contributed by atoms with van der Waals surface area (Å²) in [5.41, 5.74) is 1.27. The van der Waals surface area contributed by atoms with E-state index in [-0.39, 0.29) is 5.43 Å². The minimum Gasteiger partial charge on any atom is -0.493 e. The molecule has 3 rings (SSSR count). The Kier molecular flexibility index (Phi) is 5.10. The van der Waals surface area contributed by atoms with E-state index in [9.17, 15) is 9.90 Å². The lowest BCUT2D eigenvalue weighted by atomic mass is 9.95. The number of nitrogens with zero attached hydrogens (tertiary/aromatic N) is 1. The number of hydrogen-bond acceptors (Lipinski definition) is 4. The molecule has 0 aliphatic heterocycles. The van der Waals surface area contributed by atoms with Gasteiger partial charge in [-0.25, -0.2) is 0 Å². The molecule has 1 N–H and O–H groups in total. The second kappa shape index (κ2) is 7.16. The molecule has 1 aliphatic rings. The summed E-state index contributed by atoms with van der Waals surface area (Å²) in [6.07, 6.45) is 2.43. The molecule has 5 heteroatoms. The van der Waals surface area contributed by atoms with Gasteiger partial charge >= 0.3 is 0 Å². The zero-order valence-corrected chi connectivity index (χ0v) is 15.9. The summed E-state index contributed by atoms with van der Waals surface area (Å²) in [5.74, 6) is 1.96. The summed E-state index contributed by atoms with van der Waals surface area (Å²) in [5, 5.41) is 11.1. The van der Waals surface area contributed by atoms with Gasteiger partial charge in [0.1, 0.15) is 5.60 Å². The third-order valence-electron chi connectivity index (χ3n) is 4.98. The lowest BCUT2D eigenvalue weighted by Crippen LogP contribution is -2.30. The van der Waals surface area contributed by atoms with Crippen molar-refractivity contribution in [2.45, 2.75) is 45.8 Å². The highest BCUT2D eigenvalue weighted by atomic mass is 16.5. The van der Waals surface area contributed by atoms with Gasteiger partial charge in [-0.05, 0) is 57.2 Å². The first-order chi connectivity index (χ1) is 12.3. The Labute approximate surface area is 154 Å². The first kappa shape index (κ1) is 18.5. The Balaban J connectivity index is 1.88. The molecule has 1 fully saturated rings. The van der Waals surface area contributed by atoms with Gasteiger partial charge in [0.15, 0.2) is 16.9 Å². The number of rotatable bonds is 7. The maximum Gasteiger partial charge on any atom is 0.182 e. The highest BCUT2D eigenvalue weighted by Gasteiger charge is 2.27. The van der Waals surface area contributed by atoms with Crippen LogP contribution in [0.25, 0.3) is 0 Å². The molecule has 0 amide bonds. The highest BCUT2D eigenvalue weighted by Crippen LogP contribution is 2.36. The van der Waals surface area contributed by atoms with Crippen LogP contribution in [0.15, 0.2) is 35.1 Å². The van der Waals surface area contributed by atoms with Crippen molar-refractivity contribution in [2.24, 2.45) is 5.92 Å². The smallest absolute Gasteiger partial charge is 0.182 e. The second-order valence-corrected chi connectivity index (χ2v) is 7.45. The zero-order valence-electron chi connectivity index (χ0n) is 15.9. The standard InChI is InChI=1S/C21H27NO4/c1-14-9-18(23)10-15(2)22(14)13-21(3,24)17-7-8-19(25-4)20(11-17)26-12-16-5-6-16/h7-11,16,24H,5-6,12-13H2,1-4H3. The Morgan fingerprint density at radius 2 is 1.81 bits per heavy atom. The van der Waals surface area contributed by atoms with Crippen LogP contribution in [-0.2, 0) is 12.1 Å². The van der Waals surface area contributed by atoms with Gasteiger partial charge in [0.25, 0.3) is 0 Å². The molecule has 0 saturated heterocycles. The summed E-state index contributed by atoms with van der Waals surface area (Å²) >= 11 is 0. The van der Waals surface area contributed by atoms with Gasteiger partial charge in [-0.2, -0.15) is 0 Å². The SMILES string of the molecule is COc1ccc(C(C)(O)Cn2c(C)cc(=O)cc2C)cc1OCC1CC1. The molecule has 1 atom stereocenters. The van der Waals surface area contributed by atoms with Crippen LogP contribution in [0, 0.1) is 19.8 Å². The van der Waals surface area contributed by atoms with Crippen molar-refractivity contribution in [3.8, 4) is 11.5 Å². The van der Waals surface area contributed by atoms with E-state index in [0.717, 1.165) is 17.0 Å². The van der Waals surface area contributed by atoms with Crippen LogP contribution < -0.4 is 14.9 Å². The van der Waals surface area contributed by atoms with Gasteiger partial charge in [0.05, 0.1) is 20.3 Å². The molecule has 140 valence electrons. The largest absolute Gasteiger partial charge is 0.493 e. The maximum atomic E-state index is 11.6. The Morgan fingerprint density at radius 3 is 2.38 bits per heavy atom. The normalized spacial score (nSPS) is 16.2. The van der Waals surface area contributed by atoms with Gasteiger partial charge < -0.3 is 19.1 Å². The number of aliphatic hydroxyl groups is 1. The fraction of sp³-hybridized carbons (Fsp3) is 0.476. The Bertz CT molecular complexity index is 823. The number of methoxy groups -OCH3 is 1. The summed E-state index contributed by atoms with van der Waals surface area (Å²) < 4.78 is 13.3. The summed E-state index contributed by atoms with van der Waals surface area (Å²) in [4.78, 5) is 11.6. The first-order valence-electron chi connectivity index (χ1n) is 9.02. The van der Waals surface area contributed by atoms with Gasteiger partial charge in [-0.3, -0.25) is 4.79 Å². The van der Waals surface area contributed by atoms with Gasteiger partial charge in [-0.15, -0.1) is 0 Å². The van der Waals surface area contributed by atoms with Crippen LogP contribution in [0.3, 0.4) is 0 Å². The molecule has 1 aromatic carbocycles. The van der Waals surface area contributed by atoms with E-state index in [1.807, 2.05) is 36.6 Å². The van der Waals surface area contributed by atoms with E-state index < -0.39 is 5.60 Å². The van der Waals surface area contributed by atoms with Crippen molar-refractivity contribution in [1.29, 1.82) is 0 Å². The summed E-state index contributed by atoms with van der Waals surface area (Å²) in [6, 6.07) is 8.71. The second-order valence-electron chi connectivity index (χ2n) is 7.45. The fourth-order valence-corrected chi connectivity index (χ4v) is 3.15. The minimum absolute atomic E-state index is 0.0175. The number of benzene rings is 1. The lowest BCUT2D eigenvalue weighted by Gasteiger charge is -2.28. The van der Waals surface area contributed by atoms with E-state index in [2.05, 4.69) is 0 Å². The third-order valence-corrected chi connectivity index (χ3v) is 4.98. The summed E-state index contributed by atoms with van der Waals surface area (Å²) in [7, 11) is 1.62. The molecule has 0 radical (unpaired) electrons. The fourth-order valence-electron chi connectivity index (χ4n) is 3.15. The summed E-state index contributed by atoms with van der Waals surface area (Å²) in [6.45, 7) is 6.56. The van der Waals surface area contributed by atoms with Crippen LogP contribution in [0.4, 0.5) is 0 Å². The maximum absolute atomic E-state index is 11.6. The molecule has 1 heterocycles. The molecule has 0 bridgehead atoms. The van der Waals surface area contributed by atoms with Crippen molar-refractivity contribution in [3.05, 3.63) is 57.5 Å². The molecular weight excluding hydrogens is 330 g/mol. The molecule has 26 heavy (non-hydrogen) atoms. The minimum atomic E-state index is -1.12. The third kappa shape index (κ3) is 4.10. The molecule has 2 aromatic rings. The molecule has 1 aliphatic carbocycles. The van der Waals surface area contributed by atoms with Crippen LogP contribution in [0.5, 0.6) is 11.5 Å². The van der Waals surface area contributed by atoms with Crippen molar-refractivity contribution in [1.82, 2.24) is 4.57 Å². The first-order valence-corrected chi connectivity index (χ1v) is 9.02. The zero-order chi connectivity index (χ0) is 18.9. The van der Waals surface area contributed by atoms with E-state index in [4.69, 9.17) is 9.47 Å². The van der Waals surface area contributed by atoms with Crippen molar-refractivity contribution in [2.75, 3.05) is 13.7 Å². The number of ether oxygens (including phenoxy) is 2. The van der Waals surface area contributed by atoms with Crippen LogP contribution in [-0.4, -0.2) is 23.4 Å². The molecule has 1 saturated carbocycles. The molecule has 0 spiro atoms. The predicted octanol–water partition coefficient (Wildman–Crippen LogP) is 3.17. The van der Waals surface area contributed by atoms with Crippen LogP contribution in [0.2, 0.25) is 0 Å². The number of pyridine rings is 1. The molecular formula is C21H27NO4. The van der Waals surface area contributed by atoms with E-state index in [1.165, 1.54) is 12.8 Å². The van der Waals surface area contributed by atoms with Gasteiger partial charge in [0, 0.05) is 23.5 Å². The molecule has 1 unspecified atom stereocenters. The van der Waals surface area contributed by atoms with Crippen LogP contribution >= 0.6 is 0 Å². The number of aryl methyl sites for hydroxylation is 2. The van der Waals surface area contributed by atoms with E-state index in [1.54, 1.807) is 26.2 Å². The lowest BCUT2D eigenvalue weighted by molar-refractivity contribution is 0.0366. The van der Waals surface area contributed by atoms with Crippen molar-refractivity contribution in [3.63, 3.8) is 0 Å². The van der Waals surface area contributed by atoms with Crippen LogP contribution in [0.1, 0.15) is 36.7 Å². The van der Waals surface area contributed by atoms with E-state index >= 15 is 0 Å². The highest BCUT2D eigenvalue weighted by molar-refractivity contribution is 5.44.